The van der Waals surface area contributed by atoms with Gasteiger partial charge < -0.3 is 10.0 Å². The van der Waals surface area contributed by atoms with E-state index in [4.69, 9.17) is 5.11 Å². The average molecular weight is 295 g/mol. The van der Waals surface area contributed by atoms with Crippen LogP contribution in [0, 0.1) is 0 Å². The number of aryl methyl sites for hydroxylation is 1. The van der Waals surface area contributed by atoms with Crippen molar-refractivity contribution in [2.75, 3.05) is 17.2 Å². The molecule has 0 amide bonds. The molecule has 0 radical (unpaired) electrons. The number of hydrogen-bond acceptors (Lipinski definition) is 4. The second kappa shape index (κ2) is 4.77. The van der Waals surface area contributed by atoms with Crippen molar-refractivity contribution >= 4 is 21.5 Å². The number of rotatable bonds is 4. The Hall–Kier alpha value is -1.56. The van der Waals surface area contributed by atoms with Gasteiger partial charge in [0, 0.05) is 24.7 Å². The molecular weight excluding hydrogens is 278 g/mol. The fraction of sp³-hybridized carbons (Fsp3) is 0.500. The van der Waals surface area contributed by atoms with Crippen LogP contribution in [0.15, 0.2) is 24.3 Å². The van der Waals surface area contributed by atoms with Crippen molar-refractivity contribution in [3.05, 3.63) is 29.8 Å². The Kier molecular flexibility index (Phi) is 3.20. The molecule has 5 nitrogen and oxygen atoms in total. The van der Waals surface area contributed by atoms with Crippen LogP contribution >= 0.6 is 0 Å². The van der Waals surface area contributed by atoms with Crippen LogP contribution in [0.1, 0.15) is 18.4 Å². The van der Waals surface area contributed by atoms with Crippen LogP contribution in [0.4, 0.5) is 5.69 Å². The maximum atomic E-state index is 11.7. The zero-order chi connectivity index (χ0) is 14.3. The monoisotopic (exact) mass is 295 g/mol. The number of carboxylic acid groups (broad SMARTS) is 1. The molecule has 0 spiro atoms. The van der Waals surface area contributed by atoms with E-state index in [1.165, 1.54) is 0 Å². The lowest BCUT2D eigenvalue weighted by Gasteiger charge is -2.29. The average Bonchev–Trinajstić information content (AvgIpc) is 2.92. The molecule has 2 aliphatic rings. The predicted octanol–water partition coefficient (Wildman–Crippen LogP) is 1.08. The molecule has 1 N–H and O–H groups in total. The number of sulfone groups is 1. The van der Waals surface area contributed by atoms with E-state index in [-0.39, 0.29) is 23.5 Å². The summed E-state index contributed by atoms with van der Waals surface area (Å²) >= 11 is 0. The number of fused-ring (bicyclic) bond motifs is 2. The summed E-state index contributed by atoms with van der Waals surface area (Å²) in [5.41, 5.74) is 2.03. The van der Waals surface area contributed by atoms with Gasteiger partial charge in [-0.25, -0.2) is 8.42 Å². The van der Waals surface area contributed by atoms with E-state index in [0.717, 1.165) is 17.7 Å². The van der Waals surface area contributed by atoms with Crippen molar-refractivity contribution in [3.63, 3.8) is 0 Å². The van der Waals surface area contributed by atoms with E-state index < -0.39 is 15.8 Å². The number of benzene rings is 1. The summed E-state index contributed by atoms with van der Waals surface area (Å²) in [6.45, 7) is 0.585. The molecule has 2 atom stereocenters. The van der Waals surface area contributed by atoms with Crippen LogP contribution in [-0.2, 0) is 21.1 Å². The van der Waals surface area contributed by atoms with Crippen LogP contribution < -0.4 is 4.90 Å². The molecular formula is C14H17NO4S. The molecule has 2 saturated heterocycles. The summed E-state index contributed by atoms with van der Waals surface area (Å²) in [5.74, 6) is -0.533. The number of hydrogen-bond donors (Lipinski definition) is 1. The Morgan fingerprint density at radius 1 is 1.30 bits per heavy atom. The molecule has 0 saturated carbocycles. The third-order valence-corrected chi connectivity index (χ3v) is 6.41. The van der Waals surface area contributed by atoms with Crippen molar-refractivity contribution in [2.45, 2.75) is 30.6 Å². The van der Waals surface area contributed by atoms with Gasteiger partial charge in [0.25, 0.3) is 0 Å². The zero-order valence-electron chi connectivity index (χ0n) is 11.0. The Morgan fingerprint density at radius 3 is 2.50 bits per heavy atom. The highest BCUT2D eigenvalue weighted by atomic mass is 32.2. The van der Waals surface area contributed by atoms with E-state index in [1.54, 1.807) is 0 Å². The molecule has 2 fully saturated rings. The topological polar surface area (TPSA) is 74.7 Å². The van der Waals surface area contributed by atoms with Crippen LogP contribution in [-0.4, -0.2) is 43.1 Å². The minimum atomic E-state index is -2.86. The molecule has 1 aromatic rings. The normalized spacial score (nSPS) is 26.9. The maximum Gasteiger partial charge on any atom is 0.303 e. The van der Waals surface area contributed by atoms with Crippen LogP contribution in [0.25, 0.3) is 0 Å². The lowest BCUT2D eigenvalue weighted by atomic mass is 10.1. The van der Waals surface area contributed by atoms with Gasteiger partial charge in [-0.3, -0.25) is 4.79 Å². The molecule has 6 heteroatoms. The highest BCUT2D eigenvalue weighted by Crippen LogP contribution is 2.36. The standard InChI is InChI=1S/C14H17NO4S/c16-14(17)6-3-10-1-4-11(5-2-10)15-8-13-7-12(15)9-20(13,18)19/h1-2,4-5,12-13H,3,6-9H2,(H,16,17). The van der Waals surface area contributed by atoms with Gasteiger partial charge in [-0.1, -0.05) is 12.1 Å². The van der Waals surface area contributed by atoms with E-state index >= 15 is 0 Å². The van der Waals surface area contributed by atoms with Crippen molar-refractivity contribution in [2.24, 2.45) is 0 Å². The minimum absolute atomic E-state index is 0.106. The van der Waals surface area contributed by atoms with Gasteiger partial charge in [0.1, 0.15) is 0 Å². The third kappa shape index (κ3) is 2.40. The Morgan fingerprint density at radius 2 is 2.00 bits per heavy atom. The lowest BCUT2D eigenvalue weighted by Crippen LogP contribution is -2.40. The van der Waals surface area contributed by atoms with E-state index in [0.29, 0.717) is 13.0 Å². The molecule has 2 unspecified atom stereocenters. The predicted molar refractivity (Wildman–Crippen MR) is 75.7 cm³/mol. The molecule has 2 heterocycles. The van der Waals surface area contributed by atoms with Crippen LogP contribution in [0.2, 0.25) is 0 Å². The fourth-order valence-electron chi connectivity index (χ4n) is 3.12. The summed E-state index contributed by atoms with van der Waals surface area (Å²) in [5, 5.41) is 8.45. The van der Waals surface area contributed by atoms with Gasteiger partial charge in [-0.05, 0) is 30.5 Å². The lowest BCUT2D eigenvalue weighted by molar-refractivity contribution is -0.136. The summed E-state index contributed by atoms with van der Waals surface area (Å²) in [6.07, 6.45) is 1.39. The first kappa shape index (κ1) is 13.4. The fourth-order valence-corrected chi connectivity index (χ4v) is 5.15. The van der Waals surface area contributed by atoms with E-state index in [1.807, 2.05) is 24.3 Å². The molecule has 2 aliphatic heterocycles. The summed E-state index contributed by atoms with van der Waals surface area (Å²) in [6, 6.07) is 7.89. The molecule has 1 aromatic carbocycles. The first-order chi connectivity index (χ1) is 9.45. The first-order valence-electron chi connectivity index (χ1n) is 6.74. The minimum Gasteiger partial charge on any atom is -0.481 e. The third-order valence-electron chi connectivity index (χ3n) is 4.20. The van der Waals surface area contributed by atoms with Crippen molar-refractivity contribution in [1.82, 2.24) is 0 Å². The smallest absolute Gasteiger partial charge is 0.303 e. The molecule has 0 aromatic heterocycles. The molecule has 3 rings (SSSR count). The van der Waals surface area contributed by atoms with Crippen molar-refractivity contribution in [3.8, 4) is 0 Å². The number of carbonyl (C=O) groups is 1. The van der Waals surface area contributed by atoms with Gasteiger partial charge in [0.2, 0.25) is 0 Å². The van der Waals surface area contributed by atoms with Crippen molar-refractivity contribution < 1.29 is 18.3 Å². The number of aliphatic carboxylic acids is 1. The highest BCUT2D eigenvalue weighted by Gasteiger charge is 2.48. The number of carboxylic acids is 1. The van der Waals surface area contributed by atoms with Gasteiger partial charge in [-0.15, -0.1) is 0 Å². The second-order valence-corrected chi connectivity index (χ2v) is 7.88. The molecule has 20 heavy (non-hydrogen) atoms. The Bertz CT molecular complexity index is 623. The van der Waals surface area contributed by atoms with Gasteiger partial charge in [0.05, 0.1) is 11.0 Å². The Labute approximate surface area is 118 Å². The SMILES string of the molecule is O=C(O)CCc1ccc(N2CC3CC2CS3(=O)=O)cc1. The van der Waals surface area contributed by atoms with Gasteiger partial charge in [0.15, 0.2) is 9.84 Å². The van der Waals surface area contributed by atoms with E-state index in [2.05, 4.69) is 4.90 Å². The first-order valence-corrected chi connectivity index (χ1v) is 8.46. The molecule has 108 valence electrons. The number of nitrogens with zero attached hydrogens (tertiary/aromatic N) is 1. The van der Waals surface area contributed by atoms with Crippen molar-refractivity contribution in [1.29, 1.82) is 0 Å². The summed E-state index contributed by atoms with van der Waals surface area (Å²) in [7, 11) is -2.86. The van der Waals surface area contributed by atoms with Gasteiger partial charge >= 0.3 is 5.97 Å². The Balaban J connectivity index is 1.69. The summed E-state index contributed by atoms with van der Waals surface area (Å²) < 4.78 is 23.4. The van der Waals surface area contributed by atoms with Crippen LogP contribution in [0.5, 0.6) is 0 Å². The van der Waals surface area contributed by atoms with Crippen LogP contribution in [0.3, 0.4) is 0 Å². The zero-order valence-corrected chi connectivity index (χ0v) is 11.8. The molecule has 0 aliphatic carbocycles. The number of anilines is 1. The maximum absolute atomic E-state index is 11.7. The quantitative estimate of drug-likeness (QED) is 0.899. The van der Waals surface area contributed by atoms with E-state index in [9.17, 15) is 13.2 Å². The van der Waals surface area contributed by atoms with Gasteiger partial charge in [-0.2, -0.15) is 0 Å². The molecule has 2 bridgehead atoms. The second-order valence-electron chi connectivity index (χ2n) is 5.55. The highest BCUT2D eigenvalue weighted by molar-refractivity contribution is 7.92. The largest absolute Gasteiger partial charge is 0.481 e. The summed E-state index contributed by atoms with van der Waals surface area (Å²) in [4.78, 5) is 12.7.